The Morgan fingerprint density at radius 2 is 1.45 bits per heavy atom. The number of fused-ring (bicyclic) bond motifs is 2. The van der Waals surface area contributed by atoms with E-state index < -0.39 is 5.41 Å². The molecule has 3 aromatic carbocycles. The zero-order chi connectivity index (χ0) is 28.1. The van der Waals surface area contributed by atoms with Gasteiger partial charge in [-0.2, -0.15) is 5.26 Å². The van der Waals surface area contributed by atoms with Crippen LogP contribution in [0.15, 0.2) is 72.3 Å². The molecule has 206 valence electrons. The summed E-state index contributed by atoms with van der Waals surface area (Å²) in [6.45, 7) is 7.40. The van der Waals surface area contributed by atoms with Crippen molar-refractivity contribution in [3.05, 3.63) is 100 Å². The molecule has 0 bridgehead atoms. The number of benzene rings is 3. The summed E-state index contributed by atoms with van der Waals surface area (Å²) in [5.41, 5.74) is 8.69. The SMILES string of the molecule is COc1ccc(C(C#N)(CCCN2CCC(=C3c4ccccc4C=Cc4ccccc43)CC2)C(C)C)cc1OC. The van der Waals surface area contributed by atoms with Crippen LogP contribution in [-0.2, 0) is 5.41 Å². The Morgan fingerprint density at radius 1 is 0.850 bits per heavy atom. The highest BCUT2D eigenvalue weighted by Gasteiger charge is 2.36. The zero-order valence-electron chi connectivity index (χ0n) is 24.2. The topological polar surface area (TPSA) is 45.5 Å². The minimum Gasteiger partial charge on any atom is -0.493 e. The molecule has 40 heavy (non-hydrogen) atoms. The van der Waals surface area contributed by atoms with Crippen molar-refractivity contribution in [3.8, 4) is 17.6 Å². The molecule has 0 aromatic heterocycles. The fraction of sp³-hybridized carbons (Fsp3) is 0.361. The van der Waals surface area contributed by atoms with E-state index in [9.17, 15) is 5.26 Å². The Balaban J connectivity index is 1.31. The molecule has 2 aliphatic rings. The number of nitriles is 1. The second-order valence-electron chi connectivity index (χ2n) is 11.2. The third-order valence-electron chi connectivity index (χ3n) is 8.85. The molecule has 1 aliphatic carbocycles. The number of nitrogens with zero attached hydrogens (tertiary/aromatic N) is 2. The highest BCUT2D eigenvalue weighted by atomic mass is 16.5. The van der Waals surface area contributed by atoms with Crippen molar-refractivity contribution >= 4 is 17.7 Å². The number of piperidine rings is 1. The Labute approximate surface area is 239 Å². The monoisotopic (exact) mass is 532 g/mol. The normalized spacial score (nSPS) is 16.5. The number of likely N-dealkylation sites (tertiary alicyclic amines) is 1. The first kappa shape index (κ1) is 27.7. The third-order valence-corrected chi connectivity index (χ3v) is 8.85. The maximum Gasteiger partial charge on any atom is 0.161 e. The molecule has 0 saturated carbocycles. The van der Waals surface area contributed by atoms with Gasteiger partial charge in [0.2, 0.25) is 0 Å². The predicted octanol–water partition coefficient (Wildman–Crippen LogP) is 7.98. The molecule has 1 atom stereocenters. The summed E-state index contributed by atoms with van der Waals surface area (Å²) < 4.78 is 11.0. The highest BCUT2D eigenvalue weighted by Crippen LogP contribution is 2.41. The maximum atomic E-state index is 10.4. The van der Waals surface area contributed by atoms with Crippen molar-refractivity contribution in [1.82, 2.24) is 4.90 Å². The van der Waals surface area contributed by atoms with E-state index in [1.165, 1.54) is 27.8 Å². The van der Waals surface area contributed by atoms with Gasteiger partial charge in [-0.3, -0.25) is 0 Å². The van der Waals surface area contributed by atoms with E-state index in [2.05, 4.69) is 85.5 Å². The van der Waals surface area contributed by atoms with E-state index in [1.807, 2.05) is 18.2 Å². The van der Waals surface area contributed by atoms with Gasteiger partial charge in [0.05, 0.1) is 25.7 Å². The summed E-state index contributed by atoms with van der Waals surface area (Å²) in [5.74, 6) is 1.54. The molecule has 5 rings (SSSR count). The molecule has 4 heteroatoms. The molecule has 1 unspecified atom stereocenters. The molecule has 0 radical (unpaired) electrons. The summed E-state index contributed by atoms with van der Waals surface area (Å²) in [4.78, 5) is 2.58. The quantitative estimate of drug-likeness (QED) is 0.231. The molecule has 1 fully saturated rings. The van der Waals surface area contributed by atoms with Gasteiger partial charge in [0.25, 0.3) is 0 Å². The lowest BCUT2D eigenvalue weighted by atomic mass is 9.69. The van der Waals surface area contributed by atoms with Crippen molar-refractivity contribution < 1.29 is 9.47 Å². The van der Waals surface area contributed by atoms with Crippen LogP contribution >= 0.6 is 0 Å². The minimum absolute atomic E-state index is 0.178. The first-order chi connectivity index (χ1) is 19.5. The van der Waals surface area contributed by atoms with Crippen LogP contribution in [0.3, 0.4) is 0 Å². The lowest BCUT2D eigenvalue weighted by molar-refractivity contribution is 0.238. The highest BCUT2D eigenvalue weighted by molar-refractivity contribution is 5.94. The van der Waals surface area contributed by atoms with Crippen LogP contribution in [0.25, 0.3) is 17.7 Å². The summed E-state index contributed by atoms with van der Waals surface area (Å²) in [6, 6.07) is 26.2. The van der Waals surface area contributed by atoms with E-state index in [0.29, 0.717) is 11.5 Å². The number of hydrogen-bond donors (Lipinski definition) is 0. The molecule has 0 spiro atoms. The average Bonchev–Trinajstić information content (AvgIpc) is 3.16. The first-order valence-corrected chi connectivity index (χ1v) is 14.5. The van der Waals surface area contributed by atoms with E-state index in [4.69, 9.17) is 9.47 Å². The Bertz CT molecular complexity index is 1400. The Kier molecular flexibility index (Phi) is 8.43. The second kappa shape index (κ2) is 12.1. The zero-order valence-corrected chi connectivity index (χ0v) is 24.2. The molecule has 0 N–H and O–H groups in total. The van der Waals surface area contributed by atoms with Gasteiger partial charge in [-0.1, -0.05) is 86.2 Å². The summed E-state index contributed by atoms with van der Waals surface area (Å²) >= 11 is 0. The van der Waals surface area contributed by atoms with Gasteiger partial charge in [-0.25, -0.2) is 0 Å². The van der Waals surface area contributed by atoms with Crippen molar-refractivity contribution in [2.45, 2.75) is 44.9 Å². The van der Waals surface area contributed by atoms with Crippen molar-refractivity contribution in [1.29, 1.82) is 5.26 Å². The van der Waals surface area contributed by atoms with Crippen LogP contribution in [0.2, 0.25) is 0 Å². The fourth-order valence-electron chi connectivity index (χ4n) is 6.45. The first-order valence-electron chi connectivity index (χ1n) is 14.5. The van der Waals surface area contributed by atoms with Crippen LogP contribution in [-0.4, -0.2) is 38.8 Å². The molecule has 4 nitrogen and oxygen atoms in total. The van der Waals surface area contributed by atoms with Gasteiger partial charge in [-0.15, -0.1) is 0 Å². The third kappa shape index (κ3) is 5.31. The van der Waals surface area contributed by atoms with E-state index in [1.54, 1.807) is 19.8 Å². The van der Waals surface area contributed by atoms with E-state index in [-0.39, 0.29) is 5.92 Å². The number of hydrogen-bond acceptors (Lipinski definition) is 4. The number of ether oxygens (including phenoxy) is 2. The van der Waals surface area contributed by atoms with Gasteiger partial charge >= 0.3 is 0 Å². The van der Waals surface area contributed by atoms with Gasteiger partial charge < -0.3 is 14.4 Å². The summed E-state index contributed by atoms with van der Waals surface area (Å²) in [6.07, 6.45) is 8.44. The standard InChI is InChI=1S/C36H40N2O2/c1-26(2)36(25-37,30-16-17-33(39-3)34(24-30)40-4)20-9-21-38-22-18-29(19-23-38)35-31-12-7-5-10-27(31)14-15-28-11-6-8-13-32(28)35/h5-8,10-17,24,26H,9,18-23H2,1-4H3. The molecule has 1 saturated heterocycles. The predicted molar refractivity (Wildman–Crippen MR) is 164 cm³/mol. The molecular weight excluding hydrogens is 492 g/mol. The second-order valence-corrected chi connectivity index (χ2v) is 11.2. The summed E-state index contributed by atoms with van der Waals surface area (Å²) in [5, 5.41) is 10.4. The Morgan fingerprint density at radius 3 is 2.00 bits per heavy atom. The van der Waals surface area contributed by atoms with Crippen LogP contribution in [0.5, 0.6) is 11.5 Å². The van der Waals surface area contributed by atoms with Crippen molar-refractivity contribution in [2.24, 2.45) is 5.92 Å². The van der Waals surface area contributed by atoms with E-state index in [0.717, 1.165) is 50.9 Å². The van der Waals surface area contributed by atoms with Gasteiger partial charge in [-0.05, 0) is 83.7 Å². The van der Waals surface area contributed by atoms with Gasteiger partial charge in [0.15, 0.2) is 11.5 Å². The van der Waals surface area contributed by atoms with Crippen LogP contribution in [0.4, 0.5) is 0 Å². The molecule has 0 amide bonds. The Hall–Kier alpha value is -3.81. The van der Waals surface area contributed by atoms with E-state index >= 15 is 0 Å². The average molecular weight is 533 g/mol. The molecule has 1 aliphatic heterocycles. The summed E-state index contributed by atoms with van der Waals surface area (Å²) in [7, 11) is 3.29. The number of rotatable bonds is 8. The van der Waals surface area contributed by atoms with Crippen molar-refractivity contribution in [3.63, 3.8) is 0 Å². The fourth-order valence-corrected chi connectivity index (χ4v) is 6.45. The minimum atomic E-state index is -0.566. The largest absolute Gasteiger partial charge is 0.493 e. The maximum absolute atomic E-state index is 10.4. The van der Waals surface area contributed by atoms with Crippen molar-refractivity contribution in [2.75, 3.05) is 33.9 Å². The molecule has 3 aromatic rings. The van der Waals surface area contributed by atoms with Gasteiger partial charge in [0, 0.05) is 13.1 Å². The molecule has 1 heterocycles. The van der Waals surface area contributed by atoms with Gasteiger partial charge in [0.1, 0.15) is 0 Å². The molecular formula is C36H40N2O2. The lowest BCUT2D eigenvalue weighted by Crippen LogP contribution is -2.35. The smallest absolute Gasteiger partial charge is 0.161 e. The number of methoxy groups -OCH3 is 2. The lowest BCUT2D eigenvalue weighted by Gasteiger charge is -2.34. The van der Waals surface area contributed by atoms with Crippen LogP contribution < -0.4 is 9.47 Å². The van der Waals surface area contributed by atoms with Crippen LogP contribution in [0, 0.1) is 17.2 Å². The van der Waals surface area contributed by atoms with Crippen LogP contribution in [0.1, 0.15) is 67.3 Å².